The molecule has 1 N–H and O–H groups in total. The van der Waals surface area contributed by atoms with Crippen LogP contribution in [0.1, 0.15) is 29.9 Å². The van der Waals surface area contributed by atoms with E-state index in [2.05, 4.69) is 52.3 Å². The number of β-amino-alcohol motifs (C(OH)–C–C–N with tert-alkyl or cyclic N) is 1. The molecule has 1 atom stereocenters. The SMILES string of the molecule is Cl.Cl.OC(CSc1cccc2ccccc12)CN1CCN(CCCC(c2ccc(F)cc2)c2ccc(F)cc2)CC1. The maximum Gasteiger partial charge on any atom is 0.123 e. The third kappa shape index (κ3) is 9.40. The minimum atomic E-state index is -0.368. The molecule has 0 radical (unpaired) electrons. The predicted molar refractivity (Wildman–Crippen MR) is 172 cm³/mol. The molecule has 0 saturated carbocycles. The zero-order chi connectivity index (χ0) is 27.0. The molecule has 41 heavy (non-hydrogen) atoms. The van der Waals surface area contributed by atoms with E-state index in [1.807, 2.05) is 24.3 Å². The van der Waals surface area contributed by atoms with Crippen LogP contribution < -0.4 is 0 Å². The van der Waals surface area contributed by atoms with Gasteiger partial charge < -0.3 is 10.0 Å². The Labute approximate surface area is 258 Å². The third-order valence-corrected chi connectivity index (χ3v) is 8.85. The number of hydrogen-bond acceptors (Lipinski definition) is 4. The van der Waals surface area contributed by atoms with Gasteiger partial charge in [0.25, 0.3) is 0 Å². The van der Waals surface area contributed by atoms with Crippen LogP contribution in [0.4, 0.5) is 8.78 Å². The first kappa shape index (κ1) is 33.3. The number of aliphatic hydroxyl groups excluding tert-OH is 1. The Balaban J connectivity index is 0.00000231. The molecule has 3 nitrogen and oxygen atoms in total. The van der Waals surface area contributed by atoms with Gasteiger partial charge in [-0.2, -0.15) is 0 Å². The van der Waals surface area contributed by atoms with Crippen molar-refractivity contribution in [2.75, 3.05) is 45.0 Å². The van der Waals surface area contributed by atoms with Crippen LogP contribution >= 0.6 is 36.6 Å². The number of rotatable bonds is 11. The molecule has 1 aliphatic heterocycles. The number of thioether (sulfide) groups is 1. The van der Waals surface area contributed by atoms with Gasteiger partial charge in [0.15, 0.2) is 0 Å². The molecule has 0 amide bonds. The van der Waals surface area contributed by atoms with Gasteiger partial charge in [0, 0.05) is 49.3 Å². The summed E-state index contributed by atoms with van der Waals surface area (Å²) in [7, 11) is 0. The van der Waals surface area contributed by atoms with E-state index in [9.17, 15) is 13.9 Å². The van der Waals surface area contributed by atoms with Crippen LogP contribution in [-0.4, -0.2) is 66.0 Å². The number of piperazine rings is 1. The molecule has 220 valence electrons. The maximum absolute atomic E-state index is 13.5. The van der Waals surface area contributed by atoms with E-state index in [0.29, 0.717) is 12.3 Å². The van der Waals surface area contributed by atoms with Crippen molar-refractivity contribution in [1.29, 1.82) is 0 Å². The largest absolute Gasteiger partial charge is 0.391 e. The van der Waals surface area contributed by atoms with Gasteiger partial charge >= 0.3 is 0 Å². The number of aliphatic hydroxyl groups is 1. The molecule has 5 rings (SSSR count). The van der Waals surface area contributed by atoms with E-state index >= 15 is 0 Å². The van der Waals surface area contributed by atoms with Crippen LogP contribution in [0.3, 0.4) is 0 Å². The normalized spacial score (nSPS) is 14.9. The molecular weight excluding hydrogens is 581 g/mol. The van der Waals surface area contributed by atoms with E-state index in [4.69, 9.17) is 0 Å². The molecule has 0 spiro atoms. The molecule has 4 aromatic rings. The van der Waals surface area contributed by atoms with Crippen molar-refractivity contribution >= 4 is 47.3 Å². The highest BCUT2D eigenvalue weighted by atomic mass is 35.5. The Bertz CT molecular complexity index is 1280. The van der Waals surface area contributed by atoms with E-state index in [1.165, 1.54) is 39.9 Å². The zero-order valence-corrected chi connectivity index (χ0v) is 25.5. The van der Waals surface area contributed by atoms with Crippen molar-refractivity contribution < 1.29 is 13.9 Å². The van der Waals surface area contributed by atoms with Crippen molar-refractivity contribution in [3.8, 4) is 0 Å². The lowest BCUT2D eigenvalue weighted by atomic mass is 9.87. The van der Waals surface area contributed by atoms with Gasteiger partial charge in [-0.05, 0) is 71.6 Å². The Hall–Kier alpha value is -2.19. The summed E-state index contributed by atoms with van der Waals surface area (Å²) in [5.41, 5.74) is 2.12. The Morgan fingerprint density at radius 3 is 1.90 bits per heavy atom. The second-order valence-corrected chi connectivity index (χ2v) is 11.4. The molecule has 1 heterocycles. The fourth-order valence-corrected chi connectivity index (χ4v) is 6.48. The fourth-order valence-electron chi connectivity index (χ4n) is 5.49. The molecule has 1 fully saturated rings. The average molecular weight is 620 g/mol. The number of halogens is 4. The summed E-state index contributed by atoms with van der Waals surface area (Å²) in [5, 5.41) is 13.2. The molecular formula is C33H38Cl2F2N2OS. The van der Waals surface area contributed by atoms with Crippen LogP contribution in [0.5, 0.6) is 0 Å². The second-order valence-electron chi connectivity index (χ2n) is 10.4. The first-order valence-electron chi connectivity index (χ1n) is 13.8. The molecule has 0 bridgehead atoms. The minimum absolute atomic E-state index is 0. The molecule has 4 aromatic carbocycles. The lowest BCUT2D eigenvalue weighted by molar-refractivity contribution is 0.0819. The first-order valence-corrected chi connectivity index (χ1v) is 14.8. The van der Waals surface area contributed by atoms with Crippen LogP contribution in [0.15, 0.2) is 95.9 Å². The van der Waals surface area contributed by atoms with Gasteiger partial charge in [0.1, 0.15) is 11.6 Å². The summed E-state index contributed by atoms with van der Waals surface area (Å²) in [6, 6.07) is 28.1. The van der Waals surface area contributed by atoms with E-state index in [0.717, 1.165) is 56.7 Å². The van der Waals surface area contributed by atoms with Gasteiger partial charge in [-0.3, -0.25) is 4.90 Å². The Kier molecular flexibility index (Phi) is 13.4. The van der Waals surface area contributed by atoms with Crippen LogP contribution in [0.25, 0.3) is 10.8 Å². The van der Waals surface area contributed by atoms with E-state index < -0.39 is 0 Å². The van der Waals surface area contributed by atoms with Crippen LogP contribution in [0.2, 0.25) is 0 Å². The lowest BCUT2D eigenvalue weighted by Gasteiger charge is -2.35. The summed E-state index contributed by atoms with van der Waals surface area (Å²) < 4.78 is 27.0. The third-order valence-electron chi connectivity index (χ3n) is 7.63. The van der Waals surface area contributed by atoms with Gasteiger partial charge in [0.05, 0.1) is 6.10 Å². The van der Waals surface area contributed by atoms with Crippen molar-refractivity contribution in [3.63, 3.8) is 0 Å². The minimum Gasteiger partial charge on any atom is -0.391 e. The molecule has 1 aliphatic rings. The summed E-state index contributed by atoms with van der Waals surface area (Å²) in [6.45, 7) is 5.57. The quantitative estimate of drug-likeness (QED) is 0.175. The Morgan fingerprint density at radius 1 is 0.707 bits per heavy atom. The molecule has 0 aromatic heterocycles. The number of benzene rings is 4. The van der Waals surface area contributed by atoms with Crippen LogP contribution in [0, 0.1) is 11.6 Å². The van der Waals surface area contributed by atoms with Crippen molar-refractivity contribution in [2.24, 2.45) is 0 Å². The summed E-state index contributed by atoms with van der Waals surface area (Å²) in [5.74, 6) is 0.308. The number of nitrogens with zero attached hydrogens (tertiary/aromatic N) is 2. The monoisotopic (exact) mass is 618 g/mol. The van der Waals surface area contributed by atoms with Gasteiger partial charge in [0.2, 0.25) is 0 Å². The first-order chi connectivity index (χ1) is 19.0. The summed E-state index contributed by atoms with van der Waals surface area (Å²) in [6.07, 6.45) is 1.55. The molecule has 1 unspecified atom stereocenters. The highest BCUT2D eigenvalue weighted by Crippen LogP contribution is 2.30. The smallest absolute Gasteiger partial charge is 0.123 e. The van der Waals surface area contributed by atoms with Crippen LogP contribution in [-0.2, 0) is 0 Å². The van der Waals surface area contributed by atoms with Crippen molar-refractivity contribution in [2.45, 2.75) is 29.8 Å². The fraction of sp³-hybridized carbons (Fsp3) is 0.333. The summed E-state index contributed by atoms with van der Waals surface area (Å²) >= 11 is 1.73. The van der Waals surface area contributed by atoms with Gasteiger partial charge in [-0.1, -0.05) is 60.7 Å². The second kappa shape index (κ2) is 16.4. The summed E-state index contributed by atoms with van der Waals surface area (Å²) in [4.78, 5) is 6.07. The lowest BCUT2D eigenvalue weighted by Crippen LogP contribution is -2.49. The molecule has 0 aliphatic carbocycles. The average Bonchev–Trinajstić information content (AvgIpc) is 2.96. The van der Waals surface area contributed by atoms with Crippen molar-refractivity contribution in [1.82, 2.24) is 9.80 Å². The number of hydrogen-bond donors (Lipinski definition) is 1. The topological polar surface area (TPSA) is 26.7 Å². The highest BCUT2D eigenvalue weighted by Gasteiger charge is 2.21. The maximum atomic E-state index is 13.5. The zero-order valence-electron chi connectivity index (χ0n) is 23.0. The molecule has 8 heteroatoms. The van der Waals surface area contributed by atoms with Gasteiger partial charge in [-0.25, -0.2) is 8.78 Å². The van der Waals surface area contributed by atoms with E-state index in [-0.39, 0.29) is 48.5 Å². The molecule has 1 saturated heterocycles. The van der Waals surface area contributed by atoms with Crippen molar-refractivity contribution in [3.05, 3.63) is 114 Å². The Morgan fingerprint density at radius 2 is 1.27 bits per heavy atom. The predicted octanol–water partition coefficient (Wildman–Crippen LogP) is 7.64. The van der Waals surface area contributed by atoms with E-state index in [1.54, 1.807) is 11.8 Å². The highest BCUT2D eigenvalue weighted by molar-refractivity contribution is 7.99. The number of fused-ring (bicyclic) bond motifs is 1. The van der Waals surface area contributed by atoms with Gasteiger partial charge in [-0.15, -0.1) is 36.6 Å². The standard InChI is InChI=1S/C33H36F2N2OS.2ClH/c34-28-14-10-26(11-15-28)31(27-12-16-29(35)17-13-27)8-4-18-36-19-21-37(22-20-36)23-30(38)24-39-33-9-3-6-25-5-1-2-7-32(25)33;;/h1-3,5-7,9-17,30-31,38H,4,8,18-24H2;2*1H.